The second kappa shape index (κ2) is 10.1. The van der Waals surface area contributed by atoms with Gasteiger partial charge in [0, 0.05) is 20.8 Å². The van der Waals surface area contributed by atoms with Gasteiger partial charge in [-0.05, 0) is 31.9 Å². The van der Waals surface area contributed by atoms with Gasteiger partial charge >= 0.3 is 5.97 Å². The van der Waals surface area contributed by atoms with Gasteiger partial charge in [-0.15, -0.1) is 0 Å². The lowest BCUT2D eigenvalue weighted by molar-refractivity contribution is -0.137. The van der Waals surface area contributed by atoms with E-state index in [9.17, 15) is 4.79 Å². The third kappa shape index (κ3) is 10.2. The molecule has 0 rings (SSSR count). The van der Waals surface area contributed by atoms with Crippen molar-refractivity contribution in [1.29, 1.82) is 0 Å². The standard InChI is InChI=1S/C15H30O4Si/c1-7-14(13(3)11-15(16)18-8-2)19-12-17-9-10-20(4,5)6/h11,14H,7-10,12H2,1-6H3/b13-11+/t14-/m0/s1. The van der Waals surface area contributed by atoms with Crippen LogP contribution in [0, 0.1) is 0 Å². The minimum Gasteiger partial charge on any atom is -0.463 e. The van der Waals surface area contributed by atoms with Gasteiger partial charge < -0.3 is 14.2 Å². The highest BCUT2D eigenvalue weighted by molar-refractivity contribution is 6.76. The largest absolute Gasteiger partial charge is 0.463 e. The van der Waals surface area contributed by atoms with E-state index < -0.39 is 8.07 Å². The van der Waals surface area contributed by atoms with Gasteiger partial charge in [-0.25, -0.2) is 4.79 Å². The zero-order valence-electron chi connectivity index (χ0n) is 13.8. The van der Waals surface area contributed by atoms with Crippen LogP contribution in [0.2, 0.25) is 25.7 Å². The smallest absolute Gasteiger partial charge is 0.330 e. The van der Waals surface area contributed by atoms with Crippen LogP contribution in [0.25, 0.3) is 0 Å². The van der Waals surface area contributed by atoms with E-state index in [1.54, 1.807) is 6.92 Å². The lowest BCUT2D eigenvalue weighted by atomic mass is 10.1. The Morgan fingerprint density at radius 3 is 2.40 bits per heavy atom. The second-order valence-corrected chi connectivity index (χ2v) is 11.7. The minimum absolute atomic E-state index is 0.0914. The molecule has 1 atom stereocenters. The molecule has 0 N–H and O–H groups in total. The Morgan fingerprint density at radius 2 is 1.90 bits per heavy atom. The zero-order valence-corrected chi connectivity index (χ0v) is 14.8. The number of hydrogen-bond donors (Lipinski definition) is 0. The molecule has 5 heteroatoms. The van der Waals surface area contributed by atoms with Gasteiger partial charge in [0.1, 0.15) is 6.79 Å². The Bertz CT molecular complexity index is 307. The first-order chi connectivity index (χ1) is 9.30. The molecule has 20 heavy (non-hydrogen) atoms. The summed E-state index contributed by atoms with van der Waals surface area (Å²) in [4.78, 5) is 11.4. The predicted octanol–water partition coefficient (Wildman–Crippen LogP) is 3.60. The molecule has 0 heterocycles. The van der Waals surface area contributed by atoms with Crippen molar-refractivity contribution >= 4 is 14.0 Å². The lowest BCUT2D eigenvalue weighted by Crippen LogP contribution is -2.23. The third-order valence-electron chi connectivity index (χ3n) is 2.86. The molecule has 0 unspecified atom stereocenters. The van der Waals surface area contributed by atoms with E-state index in [4.69, 9.17) is 14.2 Å². The first-order valence-corrected chi connectivity index (χ1v) is 11.0. The maximum atomic E-state index is 11.4. The van der Waals surface area contributed by atoms with E-state index in [-0.39, 0.29) is 18.9 Å². The van der Waals surface area contributed by atoms with E-state index in [0.29, 0.717) is 6.61 Å². The summed E-state index contributed by atoms with van der Waals surface area (Å²) in [7, 11) is -1.05. The fourth-order valence-corrected chi connectivity index (χ4v) is 2.36. The number of ether oxygens (including phenoxy) is 3. The first kappa shape index (κ1) is 19.3. The Morgan fingerprint density at radius 1 is 1.25 bits per heavy atom. The van der Waals surface area contributed by atoms with Crippen molar-refractivity contribution in [3.63, 3.8) is 0 Å². The van der Waals surface area contributed by atoms with Gasteiger partial charge in [0.05, 0.1) is 12.7 Å². The van der Waals surface area contributed by atoms with Crippen LogP contribution in [-0.4, -0.2) is 40.2 Å². The topological polar surface area (TPSA) is 44.8 Å². The molecule has 0 aromatic rings. The number of carbonyl (C=O) groups is 1. The minimum atomic E-state index is -1.05. The van der Waals surface area contributed by atoms with Gasteiger partial charge in [-0.1, -0.05) is 26.6 Å². The summed E-state index contributed by atoms with van der Waals surface area (Å²) in [5.74, 6) is -0.313. The van der Waals surface area contributed by atoms with Crippen molar-refractivity contribution in [3.8, 4) is 0 Å². The molecule has 0 radical (unpaired) electrons. The van der Waals surface area contributed by atoms with Crippen LogP contribution in [-0.2, 0) is 19.0 Å². The molecule has 0 saturated heterocycles. The third-order valence-corrected chi connectivity index (χ3v) is 4.56. The van der Waals surface area contributed by atoms with Crippen molar-refractivity contribution in [1.82, 2.24) is 0 Å². The quantitative estimate of drug-likeness (QED) is 0.203. The summed E-state index contributed by atoms with van der Waals surface area (Å²) in [5.41, 5.74) is 0.875. The molecule has 0 aromatic carbocycles. The summed E-state index contributed by atoms with van der Waals surface area (Å²) < 4.78 is 16.1. The molecule has 0 fully saturated rings. The second-order valence-electron chi connectivity index (χ2n) is 6.04. The molecule has 0 bridgehead atoms. The molecule has 118 valence electrons. The molecular formula is C15H30O4Si. The lowest BCUT2D eigenvalue weighted by Gasteiger charge is -2.19. The van der Waals surface area contributed by atoms with Crippen LogP contribution in [0.1, 0.15) is 27.2 Å². The van der Waals surface area contributed by atoms with Crippen LogP contribution in [0.15, 0.2) is 11.6 Å². The van der Waals surface area contributed by atoms with E-state index in [2.05, 4.69) is 19.6 Å². The van der Waals surface area contributed by atoms with Crippen molar-refractivity contribution in [2.45, 2.75) is 59.0 Å². The van der Waals surface area contributed by atoms with Gasteiger partial charge in [0.25, 0.3) is 0 Å². The van der Waals surface area contributed by atoms with E-state index >= 15 is 0 Å². The molecule has 0 amide bonds. The number of carbonyl (C=O) groups excluding carboxylic acids is 1. The van der Waals surface area contributed by atoms with Gasteiger partial charge in [-0.2, -0.15) is 0 Å². The van der Waals surface area contributed by atoms with Crippen LogP contribution in [0.3, 0.4) is 0 Å². The van der Waals surface area contributed by atoms with Crippen molar-refractivity contribution in [2.75, 3.05) is 20.0 Å². The summed E-state index contributed by atoms with van der Waals surface area (Å²) in [6, 6.07) is 1.13. The van der Waals surface area contributed by atoms with Crippen LogP contribution < -0.4 is 0 Å². The number of hydrogen-bond acceptors (Lipinski definition) is 4. The Labute approximate surface area is 124 Å². The molecular weight excluding hydrogens is 272 g/mol. The van der Waals surface area contributed by atoms with E-state index in [0.717, 1.165) is 24.6 Å². The Hall–Kier alpha value is -0.653. The fourth-order valence-electron chi connectivity index (χ4n) is 1.60. The summed E-state index contributed by atoms with van der Waals surface area (Å²) in [5, 5.41) is 0. The van der Waals surface area contributed by atoms with E-state index in [1.807, 2.05) is 13.8 Å². The zero-order chi connectivity index (χ0) is 15.6. The normalized spacial score (nSPS) is 14.2. The maximum Gasteiger partial charge on any atom is 0.330 e. The molecule has 0 aliphatic carbocycles. The number of esters is 1. The molecule has 0 aliphatic heterocycles. The molecule has 0 aromatic heterocycles. The highest BCUT2D eigenvalue weighted by atomic mass is 28.3. The van der Waals surface area contributed by atoms with Crippen LogP contribution in [0.4, 0.5) is 0 Å². The predicted molar refractivity (Wildman–Crippen MR) is 84.5 cm³/mol. The van der Waals surface area contributed by atoms with Crippen molar-refractivity contribution in [2.24, 2.45) is 0 Å². The molecule has 0 saturated carbocycles. The highest BCUT2D eigenvalue weighted by Gasteiger charge is 2.13. The Kier molecular flexibility index (Phi) is 9.80. The average Bonchev–Trinajstić information content (AvgIpc) is 2.32. The molecule has 0 spiro atoms. The maximum absolute atomic E-state index is 11.4. The average molecular weight is 302 g/mol. The van der Waals surface area contributed by atoms with E-state index in [1.165, 1.54) is 6.08 Å². The molecule has 0 aliphatic rings. The molecule has 4 nitrogen and oxygen atoms in total. The Balaban J connectivity index is 4.06. The van der Waals surface area contributed by atoms with Crippen LogP contribution in [0.5, 0.6) is 0 Å². The summed E-state index contributed by atoms with van der Waals surface area (Å²) in [6.45, 7) is 14.1. The van der Waals surface area contributed by atoms with Gasteiger partial charge in [0.15, 0.2) is 0 Å². The SMILES string of the molecule is CCOC(=O)/C=C(\C)[C@H](CC)OCOCC[Si](C)(C)C. The first-order valence-electron chi connectivity index (χ1n) is 7.34. The summed E-state index contributed by atoms with van der Waals surface area (Å²) in [6.07, 6.45) is 2.21. The summed E-state index contributed by atoms with van der Waals surface area (Å²) >= 11 is 0. The van der Waals surface area contributed by atoms with Crippen molar-refractivity contribution in [3.05, 3.63) is 11.6 Å². The van der Waals surface area contributed by atoms with Crippen molar-refractivity contribution < 1.29 is 19.0 Å². The fraction of sp³-hybridized carbons (Fsp3) is 0.800. The van der Waals surface area contributed by atoms with Crippen LogP contribution >= 0.6 is 0 Å². The van der Waals surface area contributed by atoms with Gasteiger partial charge in [-0.3, -0.25) is 0 Å². The number of rotatable bonds is 10. The highest BCUT2D eigenvalue weighted by Crippen LogP contribution is 2.12. The van der Waals surface area contributed by atoms with Gasteiger partial charge in [0.2, 0.25) is 0 Å². The monoisotopic (exact) mass is 302 g/mol.